The Hall–Kier alpha value is -0.970. The normalized spacial score (nSPS) is 14.8. The summed E-state index contributed by atoms with van der Waals surface area (Å²) in [5.41, 5.74) is 4.67. The Balaban J connectivity index is 3.08. The average Bonchev–Trinajstić information content (AvgIpc) is 2.30. The Morgan fingerprint density at radius 2 is 2.08 bits per heavy atom. The minimum absolute atomic E-state index is 0.0301. The lowest BCUT2D eigenvalue weighted by Gasteiger charge is -2.09. The highest BCUT2D eigenvalue weighted by Gasteiger charge is 2.34. The van der Waals surface area contributed by atoms with Gasteiger partial charge in [-0.25, -0.2) is 0 Å². The highest BCUT2D eigenvalue weighted by molar-refractivity contribution is 5.25. The van der Waals surface area contributed by atoms with Crippen molar-refractivity contribution in [2.75, 3.05) is 0 Å². The van der Waals surface area contributed by atoms with Crippen LogP contribution in [0, 0.1) is 0 Å². The minimum atomic E-state index is -4.32. The van der Waals surface area contributed by atoms with Crippen LogP contribution in [0.25, 0.3) is 0 Å². The lowest BCUT2D eigenvalue weighted by atomic mass is 10.1. The van der Waals surface area contributed by atoms with E-state index in [0.29, 0.717) is 0 Å². The molecule has 1 aromatic rings. The molecule has 0 aliphatic rings. The van der Waals surface area contributed by atoms with Crippen LogP contribution in [-0.2, 0) is 6.18 Å². The van der Waals surface area contributed by atoms with Gasteiger partial charge in [0.25, 0.3) is 0 Å². The van der Waals surface area contributed by atoms with Gasteiger partial charge in [0.2, 0.25) is 0 Å². The van der Waals surface area contributed by atoms with Gasteiger partial charge in [-0.2, -0.15) is 13.2 Å². The van der Waals surface area contributed by atoms with E-state index in [1.54, 1.807) is 0 Å². The molecule has 12 heavy (non-hydrogen) atoms. The molecule has 0 saturated heterocycles. The summed E-state index contributed by atoms with van der Waals surface area (Å²) in [4.78, 5) is 2.47. The van der Waals surface area contributed by atoms with Gasteiger partial charge in [-0.1, -0.05) is 0 Å². The molecule has 0 aliphatic carbocycles. The first-order valence-corrected chi connectivity index (χ1v) is 3.43. The second kappa shape index (κ2) is 2.82. The molecular weight excluding hydrogens is 169 g/mol. The van der Waals surface area contributed by atoms with Crippen molar-refractivity contribution in [3.05, 3.63) is 23.5 Å². The van der Waals surface area contributed by atoms with E-state index < -0.39 is 17.8 Å². The quantitative estimate of drug-likeness (QED) is 0.679. The fourth-order valence-corrected chi connectivity index (χ4v) is 1.01. The molecule has 0 aromatic carbocycles. The number of halogens is 3. The standard InChI is InChI=1S/C7H9F3N2/c1-4(11)6-5(2-3-12-6)7(8,9)10/h2-4,12H,11H2,1H3. The maximum atomic E-state index is 12.2. The van der Waals surface area contributed by atoms with E-state index >= 15 is 0 Å². The van der Waals surface area contributed by atoms with Gasteiger partial charge in [0, 0.05) is 17.9 Å². The van der Waals surface area contributed by atoms with Crippen LogP contribution in [0.1, 0.15) is 24.2 Å². The van der Waals surface area contributed by atoms with Crippen LogP contribution in [0.3, 0.4) is 0 Å². The van der Waals surface area contributed by atoms with Crippen molar-refractivity contribution in [3.63, 3.8) is 0 Å². The number of hydrogen-bond acceptors (Lipinski definition) is 1. The molecule has 1 unspecified atom stereocenters. The van der Waals surface area contributed by atoms with E-state index in [9.17, 15) is 13.2 Å². The van der Waals surface area contributed by atoms with E-state index in [-0.39, 0.29) is 5.69 Å². The molecule has 1 rings (SSSR count). The van der Waals surface area contributed by atoms with Crippen molar-refractivity contribution < 1.29 is 13.2 Å². The van der Waals surface area contributed by atoms with Crippen LogP contribution in [-0.4, -0.2) is 4.98 Å². The van der Waals surface area contributed by atoms with Gasteiger partial charge in [-0.3, -0.25) is 0 Å². The monoisotopic (exact) mass is 178 g/mol. The number of aromatic amines is 1. The Morgan fingerprint density at radius 1 is 1.50 bits per heavy atom. The maximum Gasteiger partial charge on any atom is 0.418 e. The van der Waals surface area contributed by atoms with Crippen molar-refractivity contribution in [1.82, 2.24) is 4.98 Å². The van der Waals surface area contributed by atoms with Crippen molar-refractivity contribution >= 4 is 0 Å². The van der Waals surface area contributed by atoms with E-state index in [0.717, 1.165) is 6.07 Å². The zero-order chi connectivity index (χ0) is 9.35. The number of aromatic nitrogens is 1. The predicted octanol–water partition coefficient (Wildman–Crippen LogP) is 2.05. The first-order chi connectivity index (χ1) is 5.43. The molecule has 0 aliphatic heterocycles. The zero-order valence-electron chi connectivity index (χ0n) is 6.44. The molecular formula is C7H9F3N2. The van der Waals surface area contributed by atoms with E-state index in [4.69, 9.17) is 5.73 Å². The summed E-state index contributed by atoms with van der Waals surface area (Å²) in [7, 11) is 0. The number of rotatable bonds is 1. The summed E-state index contributed by atoms with van der Waals surface area (Å²) >= 11 is 0. The predicted molar refractivity (Wildman–Crippen MR) is 38.4 cm³/mol. The molecule has 0 fully saturated rings. The Morgan fingerprint density at radius 3 is 2.42 bits per heavy atom. The Kier molecular flexibility index (Phi) is 2.14. The summed E-state index contributed by atoms with van der Waals surface area (Å²) in [5.74, 6) is 0. The lowest BCUT2D eigenvalue weighted by Crippen LogP contribution is -2.13. The second-order valence-corrected chi connectivity index (χ2v) is 2.59. The molecule has 0 radical (unpaired) electrons. The smallest absolute Gasteiger partial charge is 0.363 e. The average molecular weight is 178 g/mol. The molecule has 2 nitrogen and oxygen atoms in total. The first-order valence-electron chi connectivity index (χ1n) is 3.43. The van der Waals surface area contributed by atoms with Gasteiger partial charge in [-0.15, -0.1) is 0 Å². The molecule has 3 N–H and O–H groups in total. The number of nitrogens with one attached hydrogen (secondary N) is 1. The van der Waals surface area contributed by atoms with Crippen LogP contribution >= 0.6 is 0 Å². The van der Waals surface area contributed by atoms with Crippen molar-refractivity contribution in [3.8, 4) is 0 Å². The number of nitrogens with two attached hydrogens (primary N) is 1. The third kappa shape index (κ3) is 1.61. The van der Waals surface area contributed by atoms with Crippen LogP contribution in [0.15, 0.2) is 12.3 Å². The topological polar surface area (TPSA) is 41.8 Å². The van der Waals surface area contributed by atoms with Crippen molar-refractivity contribution in [2.45, 2.75) is 19.1 Å². The molecule has 5 heteroatoms. The van der Waals surface area contributed by atoms with Gasteiger partial charge >= 0.3 is 6.18 Å². The Labute approximate surface area is 67.6 Å². The van der Waals surface area contributed by atoms with Crippen molar-refractivity contribution in [1.29, 1.82) is 0 Å². The summed E-state index contributed by atoms with van der Waals surface area (Å²) in [6, 6.07) is 0.357. The number of alkyl halides is 3. The molecule has 0 amide bonds. The minimum Gasteiger partial charge on any atom is -0.363 e. The fourth-order valence-electron chi connectivity index (χ4n) is 1.01. The fraction of sp³-hybridized carbons (Fsp3) is 0.429. The summed E-state index contributed by atoms with van der Waals surface area (Å²) < 4.78 is 36.5. The third-order valence-corrected chi connectivity index (χ3v) is 1.54. The maximum absolute atomic E-state index is 12.2. The summed E-state index contributed by atoms with van der Waals surface area (Å²) in [6.45, 7) is 1.50. The van der Waals surface area contributed by atoms with Crippen LogP contribution < -0.4 is 5.73 Å². The molecule has 1 atom stereocenters. The molecule has 68 valence electrons. The SMILES string of the molecule is CC(N)c1[nH]ccc1C(F)(F)F. The summed E-state index contributed by atoms with van der Waals surface area (Å²) in [5, 5.41) is 0. The highest BCUT2D eigenvalue weighted by Crippen LogP contribution is 2.33. The zero-order valence-corrected chi connectivity index (χ0v) is 6.44. The largest absolute Gasteiger partial charge is 0.418 e. The molecule has 0 bridgehead atoms. The Bertz CT molecular complexity index is 262. The summed E-state index contributed by atoms with van der Waals surface area (Å²) in [6.07, 6.45) is -3.08. The second-order valence-electron chi connectivity index (χ2n) is 2.59. The van der Waals surface area contributed by atoms with Crippen LogP contribution in [0.4, 0.5) is 13.2 Å². The molecule has 0 spiro atoms. The molecule has 1 aromatic heterocycles. The van der Waals surface area contributed by atoms with E-state index in [1.165, 1.54) is 13.1 Å². The van der Waals surface area contributed by atoms with Gasteiger partial charge < -0.3 is 10.7 Å². The van der Waals surface area contributed by atoms with Crippen molar-refractivity contribution in [2.24, 2.45) is 5.73 Å². The van der Waals surface area contributed by atoms with E-state index in [1.807, 2.05) is 0 Å². The van der Waals surface area contributed by atoms with Gasteiger partial charge in [0.15, 0.2) is 0 Å². The van der Waals surface area contributed by atoms with E-state index in [2.05, 4.69) is 4.98 Å². The van der Waals surface area contributed by atoms with Gasteiger partial charge in [-0.05, 0) is 13.0 Å². The lowest BCUT2D eigenvalue weighted by molar-refractivity contribution is -0.138. The highest BCUT2D eigenvalue weighted by atomic mass is 19.4. The number of H-pyrrole nitrogens is 1. The van der Waals surface area contributed by atoms with Gasteiger partial charge in [0.1, 0.15) is 0 Å². The van der Waals surface area contributed by atoms with Crippen LogP contribution in [0.2, 0.25) is 0 Å². The number of hydrogen-bond donors (Lipinski definition) is 2. The first kappa shape index (κ1) is 9.12. The molecule has 1 heterocycles. The van der Waals surface area contributed by atoms with Gasteiger partial charge in [0.05, 0.1) is 5.56 Å². The molecule has 0 saturated carbocycles. The third-order valence-electron chi connectivity index (χ3n) is 1.54. The van der Waals surface area contributed by atoms with Crippen LogP contribution in [0.5, 0.6) is 0 Å².